The zero-order valence-corrected chi connectivity index (χ0v) is 8.43. The highest BCUT2D eigenvalue weighted by atomic mass is 32.1. The summed E-state index contributed by atoms with van der Waals surface area (Å²) in [5.74, 6) is -0.115. The Morgan fingerprint density at radius 3 is 3.15 bits per heavy atom. The first-order valence-corrected chi connectivity index (χ1v) is 4.86. The van der Waals surface area contributed by atoms with E-state index >= 15 is 0 Å². The van der Waals surface area contributed by atoms with Crippen LogP contribution in [0.25, 0.3) is 0 Å². The van der Waals surface area contributed by atoms with Gasteiger partial charge in [-0.15, -0.1) is 11.3 Å². The van der Waals surface area contributed by atoms with Crippen LogP contribution in [0.2, 0.25) is 0 Å². The molecule has 1 unspecified atom stereocenters. The van der Waals surface area contributed by atoms with E-state index in [1.807, 2.05) is 5.38 Å². The lowest BCUT2D eigenvalue weighted by atomic mass is 10.3. The van der Waals surface area contributed by atoms with Crippen molar-refractivity contribution in [1.29, 1.82) is 0 Å². The van der Waals surface area contributed by atoms with E-state index in [-0.39, 0.29) is 5.91 Å². The van der Waals surface area contributed by atoms with E-state index in [1.165, 1.54) is 18.4 Å². The molecule has 1 heterocycles. The van der Waals surface area contributed by atoms with Crippen molar-refractivity contribution < 1.29 is 9.53 Å². The molecule has 5 heteroatoms. The molecule has 1 atom stereocenters. The SMILES string of the molecule is COC(C)C(=O)NCc1cscn1. The van der Waals surface area contributed by atoms with Crippen molar-refractivity contribution in [2.24, 2.45) is 0 Å². The van der Waals surface area contributed by atoms with E-state index in [9.17, 15) is 4.79 Å². The Hall–Kier alpha value is -0.940. The van der Waals surface area contributed by atoms with Crippen LogP contribution in [0.4, 0.5) is 0 Å². The van der Waals surface area contributed by atoms with Crippen LogP contribution in [0, 0.1) is 0 Å². The van der Waals surface area contributed by atoms with Gasteiger partial charge in [0.15, 0.2) is 0 Å². The monoisotopic (exact) mass is 200 g/mol. The predicted octanol–water partition coefficient (Wildman–Crippen LogP) is 0.794. The van der Waals surface area contributed by atoms with Crippen molar-refractivity contribution in [3.63, 3.8) is 0 Å². The van der Waals surface area contributed by atoms with Crippen LogP contribution in [-0.2, 0) is 16.1 Å². The molecule has 13 heavy (non-hydrogen) atoms. The first-order chi connectivity index (χ1) is 6.24. The minimum absolute atomic E-state index is 0.115. The van der Waals surface area contributed by atoms with E-state index in [4.69, 9.17) is 4.74 Å². The first-order valence-electron chi connectivity index (χ1n) is 3.91. The maximum absolute atomic E-state index is 11.2. The molecule has 72 valence electrons. The Kier molecular flexibility index (Phi) is 3.85. The van der Waals surface area contributed by atoms with Crippen molar-refractivity contribution in [2.75, 3.05) is 7.11 Å². The zero-order chi connectivity index (χ0) is 9.68. The Morgan fingerprint density at radius 1 is 1.85 bits per heavy atom. The molecule has 0 aliphatic carbocycles. The summed E-state index contributed by atoms with van der Waals surface area (Å²) in [6.07, 6.45) is -0.404. The van der Waals surface area contributed by atoms with Crippen LogP contribution in [0.3, 0.4) is 0 Å². The van der Waals surface area contributed by atoms with E-state index in [0.29, 0.717) is 6.54 Å². The molecule has 4 nitrogen and oxygen atoms in total. The number of rotatable bonds is 4. The van der Waals surface area contributed by atoms with Crippen LogP contribution in [-0.4, -0.2) is 24.1 Å². The van der Waals surface area contributed by atoms with Crippen LogP contribution in [0.5, 0.6) is 0 Å². The van der Waals surface area contributed by atoms with Gasteiger partial charge in [0.2, 0.25) is 5.91 Å². The Balaban J connectivity index is 2.31. The first kappa shape index (κ1) is 10.1. The lowest BCUT2D eigenvalue weighted by molar-refractivity contribution is -0.130. The third-order valence-corrected chi connectivity index (χ3v) is 2.29. The van der Waals surface area contributed by atoms with Gasteiger partial charge in [-0.25, -0.2) is 4.98 Å². The average Bonchev–Trinajstić information content (AvgIpc) is 2.65. The number of amides is 1. The fourth-order valence-electron chi connectivity index (χ4n) is 0.753. The summed E-state index contributed by atoms with van der Waals surface area (Å²) in [7, 11) is 1.51. The smallest absolute Gasteiger partial charge is 0.249 e. The van der Waals surface area contributed by atoms with Gasteiger partial charge in [0.25, 0.3) is 0 Å². The molecule has 1 amide bonds. The van der Waals surface area contributed by atoms with Gasteiger partial charge in [-0.3, -0.25) is 4.79 Å². The van der Waals surface area contributed by atoms with E-state index in [2.05, 4.69) is 10.3 Å². The lowest BCUT2D eigenvalue weighted by Gasteiger charge is -2.08. The molecule has 1 aromatic heterocycles. The molecule has 0 saturated heterocycles. The van der Waals surface area contributed by atoms with Gasteiger partial charge in [-0.2, -0.15) is 0 Å². The zero-order valence-electron chi connectivity index (χ0n) is 7.61. The molecule has 0 saturated carbocycles. The van der Waals surface area contributed by atoms with Gasteiger partial charge in [0.05, 0.1) is 17.7 Å². The number of methoxy groups -OCH3 is 1. The van der Waals surface area contributed by atoms with Crippen molar-refractivity contribution >= 4 is 17.2 Å². The van der Waals surface area contributed by atoms with Gasteiger partial charge in [-0.1, -0.05) is 0 Å². The quantitative estimate of drug-likeness (QED) is 0.782. The number of aromatic nitrogens is 1. The third kappa shape index (κ3) is 3.12. The summed E-state index contributed by atoms with van der Waals surface area (Å²) < 4.78 is 4.85. The fourth-order valence-corrected chi connectivity index (χ4v) is 1.31. The molecule has 0 bridgehead atoms. The summed E-state index contributed by atoms with van der Waals surface area (Å²) in [5.41, 5.74) is 2.61. The number of carbonyl (C=O) groups is 1. The molecule has 1 N–H and O–H groups in total. The van der Waals surface area contributed by atoms with Crippen LogP contribution in [0.15, 0.2) is 10.9 Å². The highest BCUT2D eigenvalue weighted by molar-refractivity contribution is 7.07. The van der Waals surface area contributed by atoms with Gasteiger partial charge >= 0.3 is 0 Å². The number of hydrogen-bond donors (Lipinski definition) is 1. The molecule has 1 aromatic rings. The standard InChI is InChI=1S/C8H12N2O2S/c1-6(12-2)8(11)9-3-7-4-13-5-10-7/h4-6H,3H2,1-2H3,(H,9,11). The lowest BCUT2D eigenvalue weighted by Crippen LogP contribution is -2.33. The Morgan fingerprint density at radius 2 is 2.62 bits per heavy atom. The number of nitrogens with one attached hydrogen (secondary N) is 1. The molecule has 0 aliphatic rings. The molecular weight excluding hydrogens is 188 g/mol. The van der Waals surface area contributed by atoms with Gasteiger partial charge in [-0.05, 0) is 6.92 Å². The minimum Gasteiger partial charge on any atom is -0.372 e. The van der Waals surface area contributed by atoms with Crippen molar-refractivity contribution in [3.05, 3.63) is 16.6 Å². The van der Waals surface area contributed by atoms with E-state index < -0.39 is 6.10 Å². The summed E-state index contributed by atoms with van der Waals surface area (Å²) >= 11 is 1.51. The normalized spacial score (nSPS) is 12.5. The number of carbonyl (C=O) groups excluding carboxylic acids is 1. The van der Waals surface area contributed by atoms with Crippen molar-refractivity contribution in [1.82, 2.24) is 10.3 Å². The van der Waals surface area contributed by atoms with Crippen LogP contribution < -0.4 is 5.32 Å². The fraction of sp³-hybridized carbons (Fsp3) is 0.500. The number of nitrogens with zero attached hydrogens (tertiary/aromatic N) is 1. The second-order valence-corrected chi connectivity index (χ2v) is 3.29. The number of ether oxygens (including phenoxy) is 1. The van der Waals surface area contributed by atoms with Crippen molar-refractivity contribution in [3.8, 4) is 0 Å². The summed E-state index contributed by atoms with van der Waals surface area (Å²) in [5, 5.41) is 4.62. The summed E-state index contributed by atoms with van der Waals surface area (Å²) in [4.78, 5) is 15.2. The molecular formula is C8H12N2O2S. The Bertz CT molecular complexity index is 261. The molecule has 0 aliphatic heterocycles. The van der Waals surface area contributed by atoms with Crippen LogP contribution >= 0.6 is 11.3 Å². The second-order valence-electron chi connectivity index (χ2n) is 2.58. The second kappa shape index (κ2) is 4.94. The van der Waals surface area contributed by atoms with E-state index in [1.54, 1.807) is 12.4 Å². The predicted molar refractivity (Wildman–Crippen MR) is 50.4 cm³/mol. The van der Waals surface area contributed by atoms with Gasteiger partial charge < -0.3 is 10.1 Å². The molecule has 0 spiro atoms. The van der Waals surface area contributed by atoms with Crippen molar-refractivity contribution in [2.45, 2.75) is 19.6 Å². The molecule has 0 radical (unpaired) electrons. The molecule has 0 aromatic carbocycles. The summed E-state index contributed by atoms with van der Waals surface area (Å²) in [6.45, 7) is 2.17. The maximum atomic E-state index is 11.2. The highest BCUT2D eigenvalue weighted by Crippen LogP contribution is 2.00. The number of hydrogen-bond acceptors (Lipinski definition) is 4. The van der Waals surface area contributed by atoms with E-state index in [0.717, 1.165) is 5.69 Å². The average molecular weight is 200 g/mol. The largest absolute Gasteiger partial charge is 0.372 e. The number of thiazole rings is 1. The van der Waals surface area contributed by atoms with Gasteiger partial charge in [0.1, 0.15) is 6.10 Å². The molecule has 1 rings (SSSR count). The van der Waals surface area contributed by atoms with Crippen LogP contribution in [0.1, 0.15) is 12.6 Å². The Labute approximate surface area is 80.9 Å². The highest BCUT2D eigenvalue weighted by Gasteiger charge is 2.10. The summed E-state index contributed by atoms with van der Waals surface area (Å²) in [6, 6.07) is 0. The molecule has 0 fully saturated rings. The topological polar surface area (TPSA) is 51.2 Å². The van der Waals surface area contributed by atoms with Gasteiger partial charge in [0, 0.05) is 12.5 Å². The minimum atomic E-state index is -0.404. The maximum Gasteiger partial charge on any atom is 0.249 e. The third-order valence-electron chi connectivity index (χ3n) is 1.65.